The van der Waals surface area contributed by atoms with E-state index in [2.05, 4.69) is 9.71 Å². The summed E-state index contributed by atoms with van der Waals surface area (Å²) in [4.78, 5) is 16.9. The zero-order chi connectivity index (χ0) is 16.6. The van der Waals surface area contributed by atoms with Crippen molar-refractivity contribution in [3.63, 3.8) is 0 Å². The molecule has 23 heavy (non-hydrogen) atoms. The maximum Gasteiger partial charge on any atom is 0.279 e. The Labute approximate surface area is 137 Å². The molecule has 3 aromatic rings. The molecule has 1 N–H and O–H groups in total. The van der Waals surface area contributed by atoms with Gasteiger partial charge in [-0.05, 0) is 25.0 Å². The number of benzene rings is 1. The maximum absolute atomic E-state index is 12.7. The molecule has 2 aromatic heterocycles. The van der Waals surface area contributed by atoms with E-state index in [1.807, 2.05) is 19.1 Å². The summed E-state index contributed by atoms with van der Waals surface area (Å²) in [6.07, 6.45) is 2.20. The van der Waals surface area contributed by atoms with Crippen molar-refractivity contribution >= 4 is 32.0 Å². The minimum Gasteiger partial charge on any atom is -0.279 e. The Balaban J connectivity index is 2.15. The van der Waals surface area contributed by atoms with Gasteiger partial charge in [-0.3, -0.25) is 13.9 Å². The molecular formula is C15H15N3O3S2. The Kier molecular flexibility index (Phi) is 3.95. The van der Waals surface area contributed by atoms with Crippen molar-refractivity contribution in [2.45, 2.75) is 25.2 Å². The van der Waals surface area contributed by atoms with Gasteiger partial charge in [-0.2, -0.15) is 0 Å². The monoisotopic (exact) mass is 349 g/mol. The van der Waals surface area contributed by atoms with Crippen LogP contribution < -0.4 is 10.3 Å². The second kappa shape index (κ2) is 5.78. The second-order valence-corrected chi connectivity index (χ2v) is 7.50. The molecule has 0 saturated carbocycles. The number of fused-ring (bicyclic) bond motifs is 1. The Morgan fingerprint density at radius 3 is 2.78 bits per heavy atom. The van der Waals surface area contributed by atoms with Gasteiger partial charge in [0.1, 0.15) is 0 Å². The summed E-state index contributed by atoms with van der Waals surface area (Å²) in [6.45, 7) is 3.47. The zero-order valence-corrected chi connectivity index (χ0v) is 14.2. The van der Waals surface area contributed by atoms with Crippen molar-refractivity contribution in [3.8, 4) is 0 Å². The van der Waals surface area contributed by atoms with Gasteiger partial charge in [0.2, 0.25) is 0 Å². The molecule has 0 aliphatic rings. The fraction of sp³-hybridized carbons (Fsp3) is 0.200. The maximum atomic E-state index is 12.7. The van der Waals surface area contributed by atoms with Gasteiger partial charge in [0.25, 0.3) is 15.6 Å². The normalized spacial score (nSPS) is 11.7. The Hall–Kier alpha value is -2.19. The number of anilines is 1. The van der Waals surface area contributed by atoms with Crippen molar-refractivity contribution in [3.05, 3.63) is 57.5 Å². The average Bonchev–Trinajstić information content (AvgIpc) is 2.95. The molecule has 120 valence electrons. The lowest BCUT2D eigenvalue weighted by molar-refractivity contribution is 0.598. The summed E-state index contributed by atoms with van der Waals surface area (Å²) in [5.41, 5.74) is 0.941. The first-order chi connectivity index (χ1) is 10.9. The summed E-state index contributed by atoms with van der Waals surface area (Å²) < 4.78 is 29.2. The van der Waals surface area contributed by atoms with E-state index in [1.165, 1.54) is 28.9 Å². The molecule has 3 rings (SSSR count). The van der Waals surface area contributed by atoms with Gasteiger partial charge in [-0.15, -0.1) is 11.3 Å². The topological polar surface area (TPSA) is 80.5 Å². The lowest BCUT2D eigenvalue weighted by atomic mass is 10.1. The van der Waals surface area contributed by atoms with Gasteiger partial charge in [-0.1, -0.05) is 25.1 Å². The number of thiazole rings is 1. The summed E-state index contributed by atoms with van der Waals surface area (Å²) in [6, 6.07) is 7.12. The number of hydrogen-bond donors (Lipinski definition) is 1. The smallest absolute Gasteiger partial charge is 0.279 e. The first-order valence-corrected chi connectivity index (χ1v) is 9.37. The highest BCUT2D eigenvalue weighted by Gasteiger charge is 2.24. The Morgan fingerprint density at radius 2 is 2.04 bits per heavy atom. The van der Waals surface area contributed by atoms with Crippen LogP contribution in [0.25, 0.3) is 4.96 Å². The number of sulfonamides is 1. The van der Waals surface area contributed by atoms with Crippen molar-refractivity contribution in [2.24, 2.45) is 0 Å². The van der Waals surface area contributed by atoms with Gasteiger partial charge in [0.15, 0.2) is 9.86 Å². The van der Waals surface area contributed by atoms with E-state index < -0.39 is 15.6 Å². The third kappa shape index (κ3) is 2.75. The highest BCUT2D eigenvalue weighted by molar-refractivity contribution is 7.92. The van der Waals surface area contributed by atoms with Crippen LogP contribution >= 0.6 is 11.3 Å². The van der Waals surface area contributed by atoms with Gasteiger partial charge < -0.3 is 0 Å². The number of nitrogens with zero attached hydrogens (tertiary/aromatic N) is 2. The quantitative estimate of drug-likeness (QED) is 0.784. The van der Waals surface area contributed by atoms with Crippen LogP contribution in [0.1, 0.15) is 18.2 Å². The van der Waals surface area contributed by atoms with Gasteiger partial charge in [0.05, 0.1) is 11.4 Å². The second-order valence-electron chi connectivity index (χ2n) is 5.00. The minimum absolute atomic E-state index is 0.193. The molecule has 0 aliphatic carbocycles. The highest BCUT2D eigenvalue weighted by Crippen LogP contribution is 2.21. The molecule has 0 fully saturated rings. The number of para-hydroxylation sites is 1. The van der Waals surface area contributed by atoms with Crippen molar-refractivity contribution in [2.75, 3.05) is 4.72 Å². The highest BCUT2D eigenvalue weighted by atomic mass is 32.2. The molecule has 0 spiro atoms. The van der Waals surface area contributed by atoms with E-state index in [1.54, 1.807) is 17.5 Å². The largest absolute Gasteiger partial charge is 0.279 e. The van der Waals surface area contributed by atoms with E-state index in [4.69, 9.17) is 0 Å². The fourth-order valence-corrected chi connectivity index (χ4v) is 4.50. The Morgan fingerprint density at radius 1 is 1.30 bits per heavy atom. The molecule has 0 radical (unpaired) electrons. The summed E-state index contributed by atoms with van der Waals surface area (Å²) in [5.74, 6) is 0. The molecule has 0 bridgehead atoms. The number of aromatic nitrogens is 2. The average molecular weight is 349 g/mol. The van der Waals surface area contributed by atoms with Gasteiger partial charge in [0, 0.05) is 11.6 Å². The minimum atomic E-state index is -4.02. The number of aryl methyl sites for hydroxylation is 2. The molecule has 0 atom stereocenters. The molecule has 8 heteroatoms. The third-order valence-electron chi connectivity index (χ3n) is 3.51. The van der Waals surface area contributed by atoms with Crippen LogP contribution in [0.5, 0.6) is 0 Å². The van der Waals surface area contributed by atoms with Gasteiger partial charge >= 0.3 is 0 Å². The predicted molar refractivity (Wildman–Crippen MR) is 90.7 cm³/mol. The lowest BCUT2D eigenvalue weighted by Crippen LogP contribution is -2.27. The summed E-state index contributed by atoms with van der Waals surface area (Å²) >= 11 is 1.28. The van der Waals surface area contributed by atoms with Crippen LogP contribution in [0, 0.1) is 6.92 Å². The molecule has 0 saturated heterocycles. The Bertz CT molecular complexity index is 1040. The molecule has 0 aliphatic heterocycles. The van der Waals surface area contributed by atoms with E-state index in [0.717, 1.165) is 5.56 Å². The first-order valence-electron chi connectivity index (χ1n) is 7.01. The molecule has 1 aromatic carbocycles. The lowest BCUT2D eigenvalue weighted by Gasteiger charge is -2.12. The summed E-state index contributed by atoms with van der Waals surface area (Å²) in [5, 5.41) is 1.69. The van der Waals surface area contributed by atoms with Crippen molar-refractivity contribution in [1.82, 2.24) is 9.38 Å². The van der Waals surface area contributed by atoms with Crippen molar-refractivity contribution < 1.29 is 8.42 Å². The van der Waals surface area contributed by atoms with Crippen LogP contribution in [-0.4, -0.2) is 17.8 Å². The molecule has 0 unspecified atom stereocenters. The molecular weight excluding hydrogens is 334 g/mol. The van der Waals surface area contributed by atoms with Crippen molar-refractivity contribution in [1.29, 1.82) is 0 Å². The number of nitrogens with one attached hydrogen (secondary N) is 1. The number of rotatable bonds is 4. The van der Waals surface area contributed by atoms with E-state index >= 15 is 0 Å². The predicted octanol–water partition coefficient (Wildman–Crippen LogP) is 2.43. The standard InChI is InChI=1S/C15H15N3O3S2/c1-3-11-6-4-5-7-12(11)17-23(20,21)13-10(2)16-15-18(14(13)19)8-9-22-15/h4-9,17H,3H2,1-2H3. The first kappa shape index (κ1) is 15.7. The van der Waals surface area contributed by atoms with Crippen LogP contribution in [-0.2, 0) is 16.4 Å². The molecule has 6 nitrogen and oxygen atoms in total. The van der Waals surface area contributed by atoms with Crippen LogP contribution in [0.4, 0.5) is 5.69 Å². The van der Waals surface area contributed by atoms with Gasteiger partial charge in [-0.25, -0.2) is 13.4 Å². The number of hydrogen-bond acceptors (Lipinski definition) is 5. The van der Waals surface area contributed by atoms with Crippen LogP contribution in [0.2, 0.25) is 0 Å². The third-order valence-corrected chi connectivity index (χ3v) is 5.76. The molecule has 0 amide bonds. The van der Waals surface area contributed by atoms with Crippen LogP contribution in [0.15, 0.2) is 45.5 Å². The van der Waals surface area contributed by atoms with E-state index in [0.29, 0.717) is 17.1 Å². The summed E-state index contributed by atoms with van der Waals surface area (Å²) in [7, 11) is -4.02. The zero-order valence-electron chi connectivity index (χ0n) is 12.6. The fourth-order valence-electron chi connectivity index (χ4n) is 2.40. The SMILES string of the molecule is CCc1ccccc1NS(=O)(=O)c1c(C)nc2sccn2c1=O. The van der Waals surface area contributed by atoms with E-state index in [-0.39, 0.29) is 10.6 Å². The molecule has 2 heterocycles. The van der Waals surface area contributed by atoms with Crippen LogP contribution in [0.3, 0.4) is 0 Å². The van der Waals surface area contributed by atoms with E-state index in [9.17, 15) is 13.2 Å².